The Balaban J connectivity index is 2.10. The van der Waals surface area contributed by atoms with Gasteiger partial charge in [-0.2, -0.15) is 18.3 Å². The third kappa shape index (κ3) is 2.63. The van der Waals surface area contributed by atoms with Gasteiger partial charge in [-0.15, -0.1) is 0 Å². The molecule has 2 aromatic rings. The van der Waals surface area contributed by atoms with Crippen molar-refractivity contribution in [3.8, 4) is 5.69 Å². The van der Waals surface area contributed by atoms with Crippen molar-refractivity contribution in [3.05, 3.63) is 47.3 Å². The number of aromatic carboxylic acids is 1. The molecule has 110 valence electrons. The van der Waals surface area contributed by atoms with Crippen molar-refractivity contribution >= 4 is 5.97 Å². The number of hydrogen-bond acceptors (Lipinski definition) is 2. The Morgan fingerprint density at radius 2 is 2.00 bits per heavy atom. The number of rotatable bonds is 3. The van der Waals surface area contributed by atoms with Gasteiger partial charge in [0.1, 0.15) is 0 Å². The first-order valence-electron chi connectivity index (χ1n) is 6.37. The van der Waals surface area contributed by atoms with Gasteiger partial charge in [0, 0.05) is 11.6 Å². The Labute approximate surface area is 117 Å². The van der Waals surface area contributed by atoms with Crippen LogP contribution in [0.4, 0.5) is 13.2 Å². The molecule has 1 saturated carbocycles. The summed E-state index contributed by atoms with van der Waals surface area (Å²) >= 11 is 0. The second-order valence-electron chi connectivity index (χ2n) is 4.99. The molecule has 0 unspecified atom stereocenters. The Morgan fingerprint density at radius 1 is 1.29 bits per heavy atom. The SMILES string of the molecule is O=C(O)c1cccc(-n2nc(C(F)(F)F)cc2C2CC2)c1. The molecule has 0 spiro atoms. The number of nitrogens with zero attached hydrogens (tertiary/aromatic N) is 2. The number of aromatic nitrogens is 2. The molecule has 1 aliphatic carbocycles. The second kappa shape index (κ2) is 4.61. The van der Waals surface area contributed by atoms with Crippen LogP contribution in [0.1, 0.15) is 40.5 Å². The van der Waals surface area contributed by atoms with Crippen molar-refractivity contribution < 1.29 is 23.1 Å². The quantitative estimate of drug-likeness (QED) is 0.943. The molecule has 0 bridgehead atoms. The van der Waals surface area contributed by atoms with E-state index in [1.807, 2.05) is 0 Å². The molecule has 1 aromatic carbocycles. The molecule has 1 aromatic heterocycles. The van der Waals surface area contributed by atoms with Crippen LogP contribution in [0, 0.1) is 0 Å². The Kier molecular flexibility index (Phi) is 3.00. The first kappa shape index (κ1) is 13.7. The minimum Gasteiger partial charge on any atom is -0.478 e. The first-order valence-corrected chi connectivity index (χ1v) is 6.37. The van der Waals surface area contributed by atoms with E-state index >= 15 is 0 Å². The molecule has 1 fully saturated rings. The van der Waals surface area contributed by atoms with Gasteiger partial charge in [-0.1, -0.05) is 6.07 Å². The molecule has 1 heterocycles. The Hall–Kier alpha value is -2.31. The first-order chi connectivity index (χ1) is 9.86. The van der Waals surface area contributed by atoms with Gasteiger partial charge in [0.25, 0.3) is 0 Å². The number of hydrogen-bond donors (Lipinski definition) is 1. The topological polar surface area (TPSA) is 55.1 Å². The molecule has 0 aliphatic heterocycles. The molecule has 1 aliphatic rings. The molecule has 7 heteroatoms. The number of carbonyl (C=O) groups is 1. The van der Waals surface area contributed by atoms with E-state index in [2.05, 4.69) is 5.10 Å². The highest BCUT2D eigenvalue weighted by molar-refractivity contribution is 5.88. The summed E-state index contributed by atoms with van der Waals surface area (Å²) < 4.78 is 39.7. The summed E-state index contributed by atoms with van der Waals surface area (Å²) in [5.41, 5.74) is -0.138. The Bertz CT molecular complexity index is 702. The number of carboxylic acid groups (broad SMARTS) is 1. The third-order valence-corrected chi connectivity index (χ3v) is 3.36. The highest BCUT2D eigenvalue weighted by Crippen LogP contribution is 2.42. The van der Waals surface area contributed by atoms with Crippen LogP contribution in [0.2, 0.25) is 0 Å². The zero-order valence-electron chi connectivity index (χ0n) is 10.8. The average molecular weight is 296 g/mol. The van der Waals surface area contributed by atoms with Crippen LogP contribution in [0.15, 0.2) is 30.3 Å². The van der Waals surface area contributed by atoms with Crippen LogP contribution in [0.3, 0.4) is 0 Å². The summed E-state index contributed by atoms with van der Waals surface area (Å²) in [7, 11) is 0. The van der Waals surface area contributed by atoms with Gasteiger partial charge < -0.3 is 5.11 Å². The molecule has 0 radical (unpaired) electrons. The maximum absolute atomic E-state index is 12.8. The van der Waals surface area contributed by atoms with E-state index in [4.69, 9.17) is 5.11 Å². The molecule has 0 amide bonds. The summed E-state index contributed by atoms with van der Waals surface area (Å²) in [6, 6.07) is 6.79. The van der Waals surface area contributed by atoms with Gasteiger partial charge in [0.05, 0.1) is 11.3 Å². The lowest BCUT2D eigenvalue weighted by Crippen LogP contribution is -2.08. The molecule has 4 nitrogen and oxygen atoms in total. The van der Waals surface area contributed by atoms with Crippen LogP contribution in [0.5, 0.6) is 0 Å². The fourth-order valence-corrected chi connectivity index (χ4v) is 2.18. The standard InChI is InChI=1S/C14H11F3N2O2/c15-14(16,17)12-7-11(8-4-5-8)19(18-12)10-3-1-2-9(6-10)13(20)21/h1-3,6-8H,4-5H2,(H,20,21). The van der Waals surface area contributed by atoms with Crippen LogP contribution in [-0.4, -0.2) is 20.9 Å². The number of carboxylic acids is 1. The lowest BCUT2D eigenvalue weighted by atomic mass is 10.2. The van der Waals surface area contributed by atoms with E-state index in [1.54, 1.807) is 6.07 Å². The molecule has 0 saturated heterocycles. The van der Waals surface area contributed by atoms with Gasteiger partial charge in [-0.25, -0.2) is 9.48 Å². The normalized spacial score (nSPS) is 15.2. The summed E-state index contributed by atoms with van der Waals surface area (Å²) in [4.78, 5) is 11.0. The molecule has 21 heavy (non-hydrogen) atoms. The summed E-state index contributed by atoms with van der Waals surface area (Å²) in [5, 5.41) is 12.6. The Morgan fingerprint density at radius 3 is 2.57 bits per heavy atom. The van der Waals surface area contributed by atoms with Gasteiger partial charge in [0.2, 0.25) is 0 Å². The lowest BCUT2D eigenvalue weighted by Gasteiger charge is -2.07. The predicted octanol–water partition coefficient (Wildman–Crippen LogP) is 3.47. The number of halogens is 3. The molecule has 0 atom stereocenters. The predicted molar refractivity (Wildman–Crippen MR) is 67.5 cm³/mol. The van der Waals surface area contributed by atoms with Crippen molar-refractivity contribution in [1.29, 1.82) is 0 Å². The van der Waals surface area contributed by atoms with Gasteiger partial charge in [-0.3, -0.25) is 0 Å². The highest BCUT2D eigenvalue weighted by atomic mass is 19.4. The lowest BCUT2D eigenvalue weighted by molar-refractivity contribution is -0.141. The largest absolute Gasteiger partial charge is 0.478 e. The minimum absolute atomic E-state index is 0.0123. The minimum atomic E-state index is -4.51. The van der Waals surface area contributed by atoms with Gasteiger partial charge in [-0.05, 0) is 37.1 Å². The van der Waals surface area contributed by atoms with E-state index in [-0.39, 0.29) is 11.5 Å². The number of alkyl halides is 3. The molecule has 3 rings (SSSR count). The molecule has 1 N–H and O–H groups in total. The van der Waals surface area contributed by atoms with Crippen molar-refractivity contribution in [3.63, 3.8) is 0 Å². The van der Waals surface area contributed by atoms with E-state index in [1.165, 1.54) is 22.9 Å². The second-order valence-corrected chi connectivity index (χ2v) is 4.99. The van der Waals surface area contributed by atoms with Gasteiger partial charge >= 0.3 is 12.1 Å². The smallest absolute Gasteiger partial charge is 0.435 e. The zero-order valence-corrected chi connectivity index (χ0v) is 10.8. The summed E-state index contributed by atoms with van der Waals surface area (Å²) in [6.45, 7) is 0. The third-order valence-electron chi connectivity index (χ3n) is 3.36. The van der Waals surface area contributed by atoms with E-state index in [9.17, 15) is 18.0 Å². The van der Waals surface area contributed by atoms with E-state index < -0.39 is 17.8 Å². The van der Waals surface area contributed by atoms with E-state index in [0.29, 0.717) is 11.4 Å². The number of benzene rings is 1. The average Bonchev–Trinajstić information content (AvgIpc) is 3.16. The van der Waals surface area contributed by atoms with Crippen LogP contribution >= 0.6 is 0 Å². The zero-order chi connectivity index (χ0) is 15.2. The summed E-state index contributed by atoms with van der Waals surface area (Å²) in [6.07, 6.45) is -2.87. The maximum atomic E-state index is 12.8. The van der Waals surface area contributed by atoms with Gasteiger partial charge in [0.15, 0.2) is 5.69 Å². The van der Waals surface area contributed by atoms with Crippen molar-refractivity contribution in [1.82, 2.24) is 9.78 Å². The van der Waals surface area contributed by atoms with Crippen LogP contribution in [-0.2, 0) is 6.18 Å². The fourth-order valence-electron chi connectivity index (χ4n) is 2.18. The summed E-state index contributed by atoms with van der Waals surface area (Å²) in [5.74, 6) is -1.07. The van der Waals surface area contributed by atoms with Crippen molar-refractivity contribution in [2.24, 2.45) is 0 Å². The van der Waals surface area contributed by atoms with Crippen molar-refractivity contribution in [2.45, 2.75) is 24.9 Å². The maximum Gasteiger partial charge on any atom is 0.435 e. The van der Waals surface area contributed by atoms with Crippen molar-refractivity contribution in [2.75, 3.05) is 0 Å². The fraction of sp³-hybridized carbons (Fsp3) is 0.286. The molecular weight excluding hydrogens is 285 g/mol. The van der Waals surface area contributed by atoms with E-state index in [0.717, 1.165) is 18.9 Å². The van der Waals surface area contributed by atoms with Crippen LogP contribution < -0.4 is 0 Å². The molecular formula is C14H11F3N2O2. The highest BCUT2D eigenvalue weighted by Gasteiger charge is 2.38. The van der Waals surface area contributed by atoms with Crippen LogP contribution in [0.25, 0.3) is 5.69 Å². The monoisotopic (exact) mass is 296 g/mol.